The van der Waals surface area contributed by atoms with Crippen LogP contribution in [0.25, 0.3) is 0 Å². The molecule has 0 aliphatic heterocycles. The van der Waals surface area contributed by atoms with Gasteiger partial charge in [-0.05, 0) is 67.3 Å². The number of ether oxygens (including phenoxy) is 1. The number of hydrogen-bond acceptors (Lipinski definition) is 3. The van der Waals surface area contributed by atoms with Gasteiger partial charge in [-0.2, -0.15) is 0 Å². The standard InChI is InChI=1S/C25H25ClN2O3/c1-17-13-22(14-18(2)25(17)26)31-16-24(30)28-21-10-6-9-20(15-21)27-23(29)12-11-19-7-4-3-5-8-19/h3-10,13-15H,11-12,16H2,1-2H3,(H,27,29)(H,28,30). The molecule has 0 fully saturated rings. The monoisotopic (exact) mass is 436 g/mol. The molecule has 0 aliphatic carbocycles. The molecule has 2 N–H and O–H groups in total. The quantitative estimate of drug-likeness (QED) is 0.486. The van der Waals surface area contributed by atoms with Gasteiger partial charge in [0.1, 0.15) is 5.75 Å². The van der Waals surface area contributed by atoms with E-state index in [0.29, 0.717) is 35.0 Å². The topological polar surface area (TPSA) is 67.4 Å². The summed E-state index contributed by atoms with van der Waals surface area (Å²) in [5, 5.41) is 6.34. The first-order valence-corrected chi connectivity index (χ1v) is 10.4. The van der Waals surface area contributed by atoms with Crippen molar-refractivity contribution in [3.05, 3.63) is 88.4 Å². The Hall–Kier alpha value is -3.31. The lowest BCUT2D eigenvalue weighted by atomic mass is 10.1. The Labute approximate surface area is 187 Å². The first-order valence-electron chi connectivity index (χ1n) is 10.0. The van der Waals surface area contributed by atoms with Gasteiger partial charge in [-0.3, -0.25) is 9.59 Å². The Morgan fingerprint density at radius 1 is 0.839 bits per heavy atom. The van der Waals surface area contributed by atoms with E-state index in [0.717, 1.165) is 16.7 Å². The molecular weight excluding hydrogens is 412 g/mol. The molecule has 3 rings (SSSR count). The van der Waals surface area contributed by atoms with Crippen molar-refractivity contribution in [2.45, 2.75) is 26.7 Å². The number of nitrogens with one attached hydrogen (secondary N) is 2. The second-order valence-electron chi connectivity index (χ2n) is 7.32. The fraction of sp³-hybridized carbons (Fsp3) is 0.200. The molecule has 0 spiro atoms. The highest BCUT2D eigenvalue weighted by molar-refractivity contribution is 6.32. The van der Waals surface area contributed by atoms with Crippen LogP contribution in [-0.4, -0.2) is 18.4 Å². The van der Waals surface area contributed by atoms with Crippen LogP contribution in [0, 0.1) is 13.8 Å². The van der Waals surface area contributed by atoms with Crippen LogP contribution in [0.15, 0.2) is 66.7 Å². The number of benzene rings is 3. The minimum absolute atomic E-state index is 0.0795. The SMILES string of the molecule is Cc1cc(OCC(=O)Nc2cccc(NC(=O)CCc3ccccc3)c2)cc(C)c1Cl. The maximum absolute atomic E-state index is 12.3. The number of carbonyl (C=O) groups is 2. The zero-order valence-electron chi connectivity index (χ0n) is 17.6. The van der Waals surface area contributed by atoms with Crippen LogP contribution in [0.2, 0.25) is 5.02 Å². The second kappa shape index (κ2) is 10.6. The molecule has 6 heteroatoms. The lowest BCUT2D eigenvalue weighted by Crippen LogP contribution is -2.20. The van der Waals surface area contributed by atoms with E-state index in [-0.39, 0.29) is 18.4 Å². The third-order valence-corrected chi connectivity index (χ3v) is 5.29. The number of amides is 2. The van der Waals surface area contributed by atoms with Crippen LogP contribution in [0.3, 0.4) is 0 Å². The minimum atomic E-state index is -0.294. The average Bonchev–Trinajstić information content (AvgIpc) is 2.75. The van der Waals surface area contributed by atoms with E-state index in [1.807, 2.05) is 44.2 Å². The van der Waals surface area contributed by atoms with Crippen LogP contribution in [0.5, 0.6) is 5.75 Å². The zero-order chi connectivity index (χ0) is 22.2. The van der Waals surface area contributed by atoms with Crippen molar-refractivity contribution in [2.24, 2.45) is 0 Å². The number of halogens is 1. The number of rotatable bonds is 8. The van der Waals surface area contributed by atoms with Crippen LogP contribution in [0.4, 0.5) is 11.4 Å². The van der Waals surface area contributed by atoms with Crippen molar-refractivity contribution in [1.82, 2.24) is 0 Å². The molecule has 0 saturated carbocycles. The molecule has 0 aliphatic rings. The van der Waals surface area contributed by atoms with Gasteiger partial charge < -0.3 is 15.4 Å². The largest absolute Gasteiger partial charge is 0.484 e. The van der Waals surface area contributed by atoms with Crippen molar-refractivity contribution >= 4 is 34.8 Å². The average molecular weight is 437 g/mol. The molecule has 0 radical (unpaired) electrons. The van der Waals surface area contributed by atoms with Crippen LogP contribution in [-0.2, 0) is 16.0 Å². The predicted octanol–water partition coefficient (Wildman–Crippen LogP) is 5.55. The van der Waals surface area contributed by atoms with E-state index < -0.39 is 0 Å². The highest BCUT2D eigenvalue weighted by Crippen LogP contribution is 2.26. The zero-order valence-corrected chi connectivity index (χ0v) is 18.3. The van der Waals surface area contributed by atoms with E-state index in [4.69, 9.17) is 16.3 Å². The van der Waals surface area contributed by atoms with Gasteiger partial charge in [0.15, 0.2) is 6.61 Å². The summed E-state index contributed by atoms with van der Waals surface area (Å²) in [4.78, 5) is 24.5. The first-order chi connectivity index (χ1) is 14.9. The summed E-state index contributed by atoms with van der Waals surface area (Å²) in [5.74, 6) is 0.218. The maximum Gasteiger partial charge on any atom is 0.262 e. The van der Waals surface area contributed by atoms with Gasteiger partial charge in [-0.1, -0.05) is 48.0 Å². The van der Waals surface area contributed by atoms with Gasteiger partial charge in [-0.15, -0.1) is 0 Å². The summed E-state index contributed by atoms with van der Waals surface area (Å²) in [5.41, 5.74) is 4.11. The third kappa shape index (κ3) is 6.86. The summed E-state index contributed by atoms with van der Waals surface area (Å²) in [7, 11) is 0. The van der Waals surface area contributed by atoms with Crippen LogP contribution < -0.4 is 15.4 Å². The second-order valence-corrected chi connectivity index (χ2v) is 7.70. The number of aryl methyl sites for hydroxylation is 3. The van der Waals surface area contributed by atoms with Crippen molar-refractivity contribution in [1.29, 1.82) is 0 Å². The van der Waals surface area contributed by atoms with Crippen LogP contribution in [0.1, 0.15) is 23.1 Å². The Balaban J connectivity index is 1.50. The van der Waals surface area contributed by atoms with E-state index in [1.54, 1.807) is 36.4 Å². The molecule has 0 unspecified atom stereocenters. The lowest BCUT2D eigenvalue weighted by Gasteiger charge is -2.11. The highest BCUT2D eigenvalue weighted by atomic mass is 35.5. The van der Waals surface area contributed by atoms with Crippen LogP contribution >= 0.6 is 11.6 Å². The predicted molar refractivity (Wildman–Crippen MR) is 125 cm³/mol. The van der Waals surface area contributed by atoms with Gasteiger partial charge >= 0.3 is 0 Å². The maximum atomic E-state index is 12.3. The van der Waals surface area contributed by atoms with E-state index in [9.17, 15) is 9.59 Å². The van der Waals surface area contributed by atoms with Gasteiger partial charge in [0.05, 0.1) is 0 Å². The molecule has 160 valence electrons. The third-order valence-electron chi connectivity index (χ3n) is 4.69. The summed E-state index contributed by atoms with van der Waals surface area (Å²) in [6, 6.07) is 20.5. The molecule has 3 aromatic carbocycles. The number of hydrogen-bond donors (Lipinski definition) is 2. The summed E-state index contributed by atoms with van der Waals surface area (Å²) < 4.78 is 5.59. The molecule has 0 bridgehead atoms. The molecule has 5 nitrogen and oxygen atoms in total. The number of anilines is 2. The Bertz CT molecular complexity index is 1040. The Morgan fingerprint density at radius 2 is 1.45 bits per heavy atom. The van der Waals surface area contributed by atoms with E-state index in [2.05, 4.69) is 10.6 Å². The summed E-state index contributed by atoms with van der Waals surface area (Å²) in [6.07, 6.45) is 1.05. The lowest BCUT2D eigenvalue weighted by molar-refractivity contribution is -0.118. The normalized spacial score (nSPS) is 10.4. The molecule has 0 atom stereocenters. The molecule has 2 amide bonds. The van der Waals surface area contributed by atoms with Crippen molar-refractivity contribution in [3.8, 4) is 5.75 Å². The summed E-state index contributed by atoms with van der Waals surface area (Å²) >= 11 is 6.16. The molecular formula is C25H25ClN2O3. The van der Waals surface area contributed by atoms with Gasteiger partial charge in [0, 0.05) is 22.8 Å². The minimum Gasteiger partial charge on any atom is -0.484 e. The van der Waals surface area contributed by atoms with E-state index >= 15 is 0 Å². The van der Waals surface area contributed by atoms with Crippen molar-refractivity contribution in [3.63, 3.8) is 0 Å². The van der Waals surface area contributed by atoms with Gasteiger partial charge in [0.2, 0.25) is 5.91 Å². The molecule has 0 aromatic heterocycles. The number of carbonyl (C=O) groups excluding carboxylic acids is 2. The van der Waals surface area contributed by atoms with Gasteiger partial charge in [-0.25, -0.2) is 0 Å². The smallest absolute Gasteiger partial charge is 0.262 e. The first kappa shape index (κ1) is 22.4. The fourth-order valence-corrected chi connectivity index (χ4v) is 3.25. The Kier molecular flexibility index (Phi) is 7.68. The van der Waals surface area contributed by atoms with E-state index in [1.165, 1.54) is 0 Å². The molecule has 3 aromatic rings. The van der Waals surface area contributed by atoms with Crippen molar-refractivity contribution in [2.75, 3.05) is 17.2 Å². The van der Waals surface area contributed by atoms with Crippen molar-refractivity contribution < 1.29 is 14.3 Å². The fourth-order valence-electron chi connectivity index (χ4n) is 3.14. The highest BCUT2D eigenvalue weighted by Gasteiger charge is 2.08. The summed E-state index contributed by atoms with van der Waals surface area (Å²) in [6.45, 7) is 3.65. The molecule has 0 saturated heterocycles. The molecule has 31 heavy (non-hydrogen) atoms. The van der Waals surface area contributed by atoms with Gasteiger partial charge in [0.25, 0.3) is 5.91 Å². The molecule has 0 heterocycles. The Morgan fingerprint density at radius 3 is 2.10 bits per heavy atom.